The van der Waals surface area contributed by atoms with Crippen molar-refractivity contribution in [2.75, 3.05) is 37.8 Å². The van der Waals surface area contributed by atoms with E-state index in [2.05, 4.69) is 4.90 Å². The van der Waals surface area contributed by atoms with Crippen LogP contribution in [0.25, 0.3) is 0 Å². The first-order chi connectivity index (χ1) is 14.2. The quantitative estimate of drug-likeness (QED) is 0.701. The molecule has 0 saturated carbocycles. The number of hydrogen-bond donors (Lipinski definition) is 0. The van der Waals surface area contributed by atoms with E-state index in [0.717, 1.165) is 24.1 Å². The lowest BCUT2D eigenvalue weighted by atomic mass is 10.1. The van der Waals surface area contributed by atoms with Crippen LogP contribution in [0.15, 0.2) is 24.3 Å². The first-order valence-electron chi connectivity index (χ1n) is 10.3. The molecule has 2 aliphatic rings. The molecule has 0 N–H and O–H groups in total. The molecule has 3 rings (SSSR count). The second kappa shape index (κ2) is 9.60. The molecule has 0 aliphatic carbocycles. The summed E-state index contributed by atoms with van der Waals surface area (Å²) in [5.74, 6) is 1.16. The molecular weight excluding hydrogens is 415 g/mol. The summed E-state index contributed by atoms with van der Waals surface area (Å²) < 4.78 is 38.1. The zero-order chi connectivity index (χ0) is 21.9. The number of thioether (sulfide) groups is 1. The van der Waals surface area contributed by atoms with Gasteiger partial charge in [0.2, 0.25) is 11.8 Å². The molecule has 0 bridgehead atoms. The van der Waals surface area contributed by atoms with Gasteiger partial charge in [0.05, 0.1) is 11.4 Å². The smallest absolute Gasteiger partial charge is 0.338 e. The molecule has 2 atom stereocenters. The Kier molecular flexibility index (Phi) is 7.34. The standard InChI is InChI=1S/C21H28F3N3O2S/c1-3-15(2)19(28)27-14-30-13-18(27)20(29)26-10-8-25(9-11-26)12-16-4-6-17(7-5-16)21(22,23)24/h4-7,15,18H,3,8-14H2,1-2H3/t15-,18+/m1/s1. The Hall–Kier alpha value is -1.74. The number of carbonyl (C=O) groups is 2. The molecule has 2 fully saturated rings. The van der Waals surface area contributed by atoms with Crippen LogP contribution in [-0.4, -0.2) is 70.4 Å². The van der Waals surface area contributed by atoms with Crippen LogP contribution in [0.5, 0.6) is 0 Å². The third-order valence-corrected chi connectivity index (χ3v) is 6.87. The van der Waals surface area contributed by atoms with Crippen LogP contribution >= 0.6 is 11.8 Å². The zero-order valence-corrected chi connectivity index (χ0v) is 18.1. The summed E-state index contributed by atoms with van der Waals surface area (Å²) in [6.07, 6.45) is -3.57. The van der Waals surface area contributed by atoms with Gasteiger partial charge in [0, 0.05) is 44.4 Å². The van der Waals surface area contributed by atoms with Crippen molar-refractivity contribution in [3.05, 3.63) is 35.4 Å². The minimum absolute atomic E-state index is 0.00540. The summed E-state index contributed by atoms with van der Waals surface area (Å²) >= 11 is 1.61. The Morgan fingerprint density at radius 1 is 1.13 bits per heavy atom. The summed E-state index contributed by atoms with van der Waals surface area (Å²) in [7, 11) is 0. The van der Waals surface area contributed by atoms with Crippen LogP contribution in [0.2, 0.25) is 0 Å². The van der Waals surface area contributed by atoms with E-state index in [0.29, 0.717) is 44.4 Å². The van der Waals surface area contributed by atoms with Crippen LogP contribution in [0.1, 0.15) is 31.4 Å². The highest BCUT2D eigenvalue weighted by Crippen LogP contribution is 2.29. The molecule has 2 heterocycles. The fourth-order valence-electron chi connectivity index (χ4n) is 3.72. The second-order valence-electron chi connectivity index (χ2n) is 7.93. The Bertz CT molecular complexity index is 749. The first-order valence-corrected chi connectivity index (χ1v) is 11.4. The second-order valence-corrected chi connectivity index (χ2v) is 8.93. The van der Waals surface area contributed by atoms with E-state index in [1.54, 1.807) is 16.7 Å². The fraction of sp³-hybridized carbons (Fsp3) is 0.619. The highest BCUT2D eigenvalue weighted by atomic mass is 32.2. The molecule has 166 valence electrons. The maximum Gasteiger partial charge on any atom is 0.416 e. The summed E-state index contributed by atoms with van der Waals surface area (Å²) in [6, 6.07) is 4.84. The van der Waals surface area contributed by atoms with E-state index in [-0.39, 0.29) is 17.7 Å². The number of carbonyl (C=O) groups excluding carboxylic acids is 2. The van der Waals surface area contributed by atoms with E-state index in [4.69, 9.17) is 0 Å². The third kappa shape index (κ3) is 5.29. The van der Waals surface area contributed by atoms with Crippen molar-refractivity contribution in [3.63, 3.8) is 0 Å². The molecule has 2 saturated heterocycles. The molecule has 9 heteroatoms. The summed E-state index contributed by atoms with van der Waals surface area (Å²) in [5, 5.41) is 0. The van der Waals surface area contributed by atoms with Gasteiger partial charge < -0.3 is 9.80 Å². The number of halogens is 3. The van der Waals surface area contributed by atoms with Crippen molar-refractivity contribution >= 4 is 23.6 Å². The van der Waals surface area contributed by atoms with Crippen molar-refractivity contribution in [2.24, 2.45) is 5.92 Å². The topological polar surface area (TPSA) is 43.9 Å². The van der Waals surface area contributed by atoms with Gasteiger partial charge in [-0.05, 0) is 24.1 Å². The number of benzene rings is 1. The molecule has 0 unspecified atom stereocenters. The normalized spacial score (nSPS) is 21.7. The zero-order valence-electron chi connectivity index (χ0n) is 17.3. The molecular formula is C21H28F3N3O2S. The molecule has 0 radical (unpaired) electrons. The predicted octanol–water partition coefficient (Wildman–Crippen LogP) is 3.30. The molecule has 1 aromatic carbocycles. The van der Waals surface area contributed by atoms with E-state index in [1.807, 2.05) is 18.7 Å². The lowest BCUT2D eigenvalue weighted by Crippen LogP contribution is -2.55. The van der Waals surface area contributed by atoms with E-state index < -0.39 is 17.8 Å². The lowest BCUT2D eigenvalue weighted by Gasteiger charge is -2.37. The third-order valence-electron chi connectivity index (χ3n) is 5.86. The molecule has 30 heavy (non-hydrogen) atoms. The molecule has 0 aromatic heterocycles. The van der Waals surface area contributed by atoms with Crippen LogP contribution in [0.4, 0.5) is 13.2 Å². The van der Waals surface area contributed by atoms with Crippen molar-refractivity contribution in [1.82, 2.24) is 14.7 Å². The Morgan fingerprint density at radius 2 is 1.77 bits per heavy atom. The molecule has 0 spiro atoms. The lowest BCUT2D eigenvalue weighted by molar-refractivity contribution is -0.146. The average molecular weight is 444 g/mol. The number of piperazine rings is 1. The Balaban J connectivity index is 1.52. The van der Waals surface area contributed by atoms with Gasteiger partial charge in [-0.1, -0.05) is 26.0 Å². The number of rotatable bonds is 5. The number of hydrogen-bond acceptors (Lipinski definition) is 4. The highest BCUT2D eigenvalue weighted by molar-refractivity contribution is 7.99. The van der Waals surface area contributed by atoms with Crippen LogP contribution in [-0.2, 0) is 22.3 Å². The molecule has 1 aromatic rings. The van der Waals surface area contributed by atoms with Crippen molar-refractivity contribution in [3.8, 4) is 0 Å². The van der Waals surface area contributed by atoms with E-state index in [9.17, 15) is 22.8 Å². The minimum Gasteiger partial charge on any atom is -0.338 e. The van der Waals surface area contributed by atoms with Gasteiger partial charge in [-0.15, -0.1) is 11.8 Å². The average Bonchev–Trinajstić information content (AvgIpc) is 3.22. The molecule has 5 nitrogen and oxygen atoms in total. The number of amides is 2. The highest BCUT2D eigenvalue weighted by Gasteiger charge is 2.38. The van der Waals surface area contributed by atoms with Crippen LogP contribution in [0.3, 0.4) is 0 Å². The number of nitrogens with zero attached hydrogens (tertiary/aromatic N) is 3. The van der Waals surface area contributed by atoms with Crippen molar-refractivity contribution in [1.29, 1.82) is 0 Å². The van der Waals surface area contributed by atoms with E-state index >= 15 is 0 Å². The monoisotopic (exact) mass is 443 g/mol. The number of alkyl halides is 3. The Labute approximate surface area is 179 Å². The minimum atomic E-state index is -4.33. The maximum atomic E-state index is 13.0. The summed E-state index contributed by atoms with van der Waals surface area (Å²) in [4.78, 5) is 31.3. The summed E-state index contributed by atoms with van der Waals surface area (Å²) in [6.45, 7) is 6.86. The van der Waals surface area contributed by atoms with Gasteiger partial charge in [-0.2, -0.15) is 13.2 Å². The maximum absolute atomic E-state index is 13.0. The molecule has 2 amide bonds. The van der Waals surface area contributed by atoms with E-state index in [1.165, 1.54) is 12.1 Å². The SMILES string of the molecule is CC[C@@H](C)C(=O)N1CSC[C@H]1C(=O)N1CCN(Cc2ccc(C(F)(F)F)cc2)CC1. The van der Waals surface area contributed by atoms with Gasteiger partial charge in [0.15, 0.2) is 0 Å². The van der Waals surface area contributed by atoms with Gasteiger partial charge in [0.1, 0.15) is 6.04 Å². The van der Waals surface area contributed by atoms with Crippen molar-refractivity contribution < 1.29 is 22.8 Å². The summed E-state index contributed by atoms with van der Waals surface area (Å²) in [5.41, 5.74) is 0.174. The van der Waals surface area contributed by atoms with Gasteiger partial charge in [-0.25, -0.2) is 0 Å². The van der Waals surface area contributed by atoms with Crippen molar-refractivity contribution in [2.45, 2.75) is 39.0 Å². The fourth-order valence-corrected chi connectivity index (χ4v) is 4.87. The van der Waals surface area contributed by atoms with Gasteiger partial charge in [0.25, 0.3) is 0 Å². The van der Waals surface area contributed by atoms with Crippen LogP contribution < -0.4 is 0 Å². The predicted molar refractivity (Wildman–Crippen MR) is 111 cm³/mol. The Morgan fingerprint density at radius 3 is 2.33 bits per heavy atom. The van der Waals surface area contributed by atoms with Gasteiger partial charge >= 0.3 is 6.18 Å². The van der Waals surface area contributed by atoms with Crippen LogP contribution in [0, 0.1) is 5.92 Å². The molecule has 2 aliphatic heterocycles. The van der Waals surface area contributed by atoms with Gasteiger partial charge in [-0.3, -0.25) is 14.5 Å². The largest absolute Gasteiger partial charge is 0.416 e. The first kappa shape index (κ1) is 22.9.